The fourth-order valence-corrected chi connectivity index (χ4v) is 6.05. The molecule has 2 N–H and O–H groups in total. The first-order valence-corrected chi connectivity index (χ1v) is 11.7. The van der Waals surface area contributed by atoms with Crippen LogP contribution in [0.3, 0.4) is 0 Å². The van der Waals surface area contributed by atoms with Crippen molar-refractivity contribution in [3.63, 3.8) is 0 Å². The summed E-state index contributed by atoms with van der Waals surface area (Å²) < 4.78 is 10.9. The smallest absolute Gasteiger partial charge is 0.407 e. The molecule has 1 aliphatic carbocycles. The highest BCUT2D eigenvalue weighted by Gasteiger charge is 2.45. The maximum absolute atomic E-state index is 12.8. The molecule has 1 heterocycles. The highest BCUT2D eigenvalue weighted by Crippen LogP contribution is 2.46. The molecule has 0 bridgehead atoms. The summed E-state index contributed by atoms with van der Waals surface area (Å²) in [6, 6.07) is 0.0116. The lowest BCUT2D eigenvalue weighted by Crippen LogP contribution is -2.60. The number of piperidine rings is 1. The standard InChI is InChI=1S/C24H45N3O4/c1-10-30-19(28)25-16-24(8)12-17(11-21(2,3)15-24)26-20(29)31-18-13-22(4,5)27(9)23(6,7)14-18/h17-18H,10-16H2,1-9H3,(H,25,28)(H,26,29). The molecule has 1 saturated carbocycles. The van der Waals surface area contributed by atoms with Gasteiger partial charge in [0.05, 0.1) is 6.61 Å². The predicted molar refractivity (Wildman–Crippen MR) is 123 cm³/mol. The Morgan fingerprint density at radius 2 is 1.52 bits per heavy atom. The molecule has 0 aromatic heterocycles. The number of nitrogens with zero attached hydrogens (tertiary/aromatic N) is 1. The van der Waals surface area contributed by atoms with E-state index in [4.69, 9.17) is 9.47 Å². The number of rotatable bonds is 5. The van der Waals surface area contributed by atoms with Gasteiger partial charge in [0, 0.05) is 36.5 Å². The van der Waals surface area contributed by atoms with Crippen LogP contribution < -0.4 is 10.6 Å². The van der Waals surface area contributed by atoms with Crippen LogP contribution in [-0.2, 0) is 9.47 Å². The van der Waals surface area contributed by atoms with E-state index in [1.165, 1.54) is 0 Å². The Labute approximate surface area is 189 Å². The zero-order valence-corrected chi connectivity index (χ0v) is 21.2. The average molecular weight is 440 g/mol. The van der Waals surface area contributed by atoms with Gasteiger partial charge in [-0.2, -0.15) is 0 Å². The molecule has 2 unspecified atom stereocenters. The largest absolute Gasteiger partial charge is 0.450 e. The van der Waals surface area contributed by atoms with Crippen molar-refractivity contribution in [3.8, 4) is 0 Å². The van der Waals surface area contributed by atoms with Crippen LogP contribution in [0.5, 0.6) is 0 Å². The van der Waals surface area contributed by atoms with Crippen molar-refractivity contribution in [2.45, 2.75) is 111 Å². The number of amides is 2. The lowest BCUT2D eigenvalue weighted by Gasteiger charge is -2.53. The molecule has 31 heavy (non-hydrogen) atoms. The minimum atomic E-state index is -0.386. The third-order valence-corrected chi connectivity index (χ3v) is 7.24. The van der Waals surface area contributed by atoms with E-state index in [0.717, 1.165) is 32.1 Å². The normalized spacial score (nSPS) is 30.3. The predicted octanol–water partition coefficient (Wildman–Crippen LogP) is 4.70. The monoisotopic (exact) mass is 439 g/mol. The van der Waals surface area contributed by atoms with Gasteiger partial charge in [-0.25, -0.2) is 9.59 Å². The molecule has 0 aromatic rings. The van der Waals surface area contributed by atoms with Crippen molar-refractivity contribution in [1.29, 1.82) is 0 Å². The zero-order valence-electron chi connectivity index (χ0n) is 21.2. The van der Waals surface area contributed by atoms with Gasteiger partial charge in [0.2, 0.25) is 0 Å². The van der Waals surface area contributed by atoms with Crippen LogP contribution in [0.1, 0.15) is 87.5 Å². The Morgan fingerprint density at radius 3 is 2.06 bits per heavy atom. The van der Waals surface area contributed by atoms with Crippen molar-refractivity contribution >= 4 is 12.2 Å². The van der Waals surface area contributed by atoms with Crippen LogP contribution in [0.15, 0.2) is 0 Å². The molecule has 180 valence electrons. The Kier molecular flexibility index (Phi) is 7.61. The van der Waals surface area contributed by atoms with Crippen LogP contribution in [0, 0.1) is 10.8 Å². The van der Waals surface area contributed by atoms with Crippen LogP contribution in [0.25, 0.3) is 0 Å². The van der Waals surface area contributed by atoms with Gasteiger partial charge in [0.1, 0.15) is 6.10 Å². The maximum Gasteiger partial charge on any atom is 0.407 e. The van der Waals surface area contributed by atoms with E-state index < -0.39 is 0 Å². The lowest BCUT2D eigenvalue weighted by atomic mass is 9.62. The van der Waals surface area contributed by atoms with Gasteiger partial charge in [0.15, 0.2) is 0 Å². The molecular formula is C24H45N3O4. The number of carbonyl (C=O) groups is 2. The van der Waals surface area contributed by atoms with Crippen LogP contribution in [-0.4, -0.2) is 60.5 Å². The van der Waals surface area contributed by atoms with E-state index >= 15 is 0 Å². The Balaban J connectivity index is 1.97. The molecule has 7 heteroatoms. The molecule has 2 amide bonds. The van der Waals surface area contributed by atoms with Crippen molar-refractivity contribution < 1.29 is 19.1 Å². The van der Waals surface area contributed by atoms with E-state index in [0.29, 0.717) is 13.2 Å². The zero-order chi connectivity index (χ0) is 23.7. The number of likely N-dealkylation sites (tertiary alicyclic amines) is 1. The number of alkyl carbamates (subject to hydrolysis) is 2. The van der Waals surface area contributed by atoms with E-state index in [2.05, 4.69) is 71.0 Å². The maximum atomic E-state index is 12.8. The number of hydrogen-bond acceptors (Lipinski definition) is 5. The first-order valence-electron chi connectivity index (χ1n) is 11.7. The molecule has 1 aliphatic heterocycles. The van der Waals surface area contributed by atoms with Gasteiger partial charge in [-0.3, -0.25) is 4.90 Å². The molecule has 1 saturated heterocycles. The second-order valence-corrected chi connectivity index (χ2v) is 12.1. The minimum absolute atomic E-state index is 0.0116. The first kappa shape index (κ1) is 25.8. The van der Waals surface area contributed by atoms with Gasteiger partial charge in [-0.05, 0) is 71.8 Å². The summed E-state index contributed by atoms with van der Waals surface area (Å²) in [6.45, 7) is 18.1. The molecule has 2 rings (SSSR count). The summed E-state index contributed by atoms with van der Waals surface area (Å²) in [5.41, 5.74) is -0.128. The summed E-state index contributed by atoms with van der Waals surface area (Å²) in [5, 5.41) is 6.02. The summed E-state index contributed by atoms with van der Waals surface area (Å²) >= 11 is 0. The first-order chi connectivity index (χ1) is 14.1. The summed E-state index contributed by atoms with van der Waals surface area (Å²) in [7, 11) is 2.14. The van der Waals surface area contributed by atoms with Crippen LogP contribution >= 0.6 is 0 Å². The van der Waals surface area contributed by atoms with Crippen molar-refractivity contribution in [2.24, 2.45) is 10.8 Å². The lowest BCUT2D eigenvalue weighted by molar-refractivity contribution is -0.0691. The highest BCUT2D eigenvalue weighted by atomic mass is 16.6. The molecule has 2 fully saturated rings. The van der Waals surface area contributed by atoms with Crippen LogP contribution in [0.2, 0.25) is 0 Å². The van der Waals surface area contributed by atoms with Crippen molar-refractivity contribution in [2.75, 3.05) is 20.2 Å². The van der Waals surface area contributed by atoms with E-state index in [-0.39, 0.29) is 46.2 Å². The fourth-order valence-electron chi connectivity index (χ4n) is 6.05. The third-order valence-electron chi connectivity index (χ3n) is 7.24. The molecule has 0 spiro atoms. The third kappa shape index (κ3) is 6.99. The van der Waals surface area contributed by atoms with Gasteiger partial charge >= 0.3 is 12.2 Å². The molecule has 2 aliphatic rings. The fraction of sp³-hybridized carbons (Fsp3) is 0.917. The second-order valence-electron chi connectivity index (χ2n) is 12.1. The molecule has 0 radical (unpaired) electrons. The molecule has 2 atom stereocenters. The summed E-state index contributed by atoms with van der Waals surface area (Å²) in [5.74, 6) is 0. The number of carbonyl (C=O) groups excluding carboxylic acids is 2. The molecule has 0 aromatic carbocycles. The SMILES string of the molecule is CCOC(=O)NCC1(C)CC(NC(=O)OC2CC(C)(C)N(C)C(C)(C)C2)CC(C)(C)C1. The van der Waals surface area contributed by atoms with Gasteiger partial charge in [-0.1, -0.05) is 20.8 Å². The minimum Gasteiger partial charge on any atom is -0.450 e. The summed E-state index contributed by atoms with van der Waals surface area (Å²) in [4.78, 5) is 27.0. The highest BCUT2D eigenvalue weighted by molar-refractivity contribution is 5.68. The number of ether oxygens (including phenoxy) is 2. The average Bonchev–Trinajstić information content (AvgIpc) is 2.55. The van der Waals surface area contributed by atoms with E-state index in [1.807, 2.05) is 0 Å². The van der Waals surface area contributed by atoms with E-state index in [9.17, 15) is 9.59 Å². The summed E-state index contributed by atoms with van der Waals surface area (Å²) in [6.07, 6.45) is 3.47. The molecule has 7 nitrogen and oxygen atoms in total. The Hall–Kier alpha value is -1.50. The number of nitrogens with one attached hydrogen (secondary N) is 2. The second kappa shape index (κ2) is 9.16. The number of hydrogen-bond donors (Lipinski definition) is 2. The quantitative estimate of drug-likeness (QED) is 0.649. The van der Waals surface area contributed by atoms with Gasteiger partial charge in [0.25, 0.3) is 0 Å². The van der Waals surface area contributed by atoms with Crippen LogP contribution in [0.4, 0.5) is 9.59 Å². The Morgan fingerprint density at radius 1 is 0.935 bits per heavy atom. The topological polar surface area (TPSA) is 79.9 Å². The van der Waals surface area contributed by atoms with Gasteiger partial charge < -0.3 is 20.1 Å². The Bertz CT molecular complexity index is 643. The van der Waals surface area contributed by atoms with Crippen molar-refractivity contribution in [1.82, 2.24) is 15.5 Å². The van der Waals surface area contributed by atoms with E-state index in [1.54, 1.807) is 6.92 Å². The van der Waals surface area contributed by atoms with Gasteiger partial charge in [-0.15, -0.1) is 0 Å². The van der Waals surface area contributed by atoms with Crippen molar-refractivity contribution in [3.05, 3.63) is 0 Å². The molecular weight excluding hydrogens is 394 g/mol.